The van der Waals surface area contributed by atoms with E-state index in [0.29, 0.717) is 5.69 Å². The maximum Gasteiger partial charge on any atom is 0.269 e. The first kappa shape index (κ1) is 22.9. The van der Waals surface area contributed by atoms with Gasteiger partial charge in [-0.15, -0.1) is 0 Å². The van der Waals surface area contributed by atoms with Crippen molar-refractivity contribution in [3.8, 4) is 0 Å². The molecule has 0 bridgehead atoms. The molecule has 4 N–H and O–H groups in total. The summed E-state index contributed by atoms with van der Waals surface area (Å²) < 4.78 is 49.9. The molecule has 11 nitrogen and oxygen atoms in total. The average molecular weight is 476 g/mol. The number of nitro benzene ring substituents is 1. The average Bonchev–Trinajstić information content (AvgIpc) is 2.73. The molecule has 0 aliphatic carbocycles. The van der Waals surface area contributed by atoms with E-state index in [1.165, 1.54) is 72.8 Å². The number of carbonyl (C=O) groups is 1. The van der Waals surface area contributed by atoms with E-state index in [0.717, 1.165) is 0 Å². The van der Waals surface area contributed by atoms with Crippen molar-refractivity contribution in [3.63, 3.8) is 0 Å². The number of benzene rings is 3. The molecule has 3 aromatic carbocycles. The van der Waals surface area contributed by atoms with Crippen LogP contribution in [0.3, 0.4) is 0 Å². The van der Waals surface area contributed by atoms with Crippen LogP contribution in [0.25, 0.3) is 0 Å². The zero-order valence-electron chi connectivity index (χ0n) is 16.1. The first-order valence-corrected chi connectivity index (χ1v) is 11.8. The van der Waals surface area contributed by atoms with Crippen LogP contribution in [0, 0.1) is 10.1 Å². The summed E-state index contributed by atoms with van der Waals surface area (Å²) >= 11 is 0. The van der Waals surface area contributed by atoms with Crippen LogP contribution < -0.4 is 15.2 Å². The van der Waals surface area contributed by atoms with Crippen molar-refractivity contribution in [1.82, 2.24) is 0 Å². The fourth-order valence-electron chi connectivity index (χ4n) is 2.58. The van der Waals surface area contributed by atoms with E-state index in [2.05, 4.69) is 10.0 Å². The molecule has 0 fully saturated rings. The number of nitro groups is 1. The molecule has 0 spiro atoms. The Morgan fingerprint density at radius 2 is 1.28 bits per heavy atom. The van der Waals surface area contributed by atoms with Crippen LogP contribution in [0.1, 0.15) is 10.4 Å². The largest absolute Gasteiger partial charge is 0.322 e. The number of hydrogen-bond donors (Lipinski definition) is 3. The molecule has 0 unspecified atom stereocenters. The third kappa shape index (κ3) is 5.46. The highest BCUT2D eigenvalue weighted by atomic mass is 32.2. The van der Waals surface area contributed by atoms with Crippen molar-refractivity contribution >= 4 is 43.0 Å². The normalized spacial score (nSPS) is 11.5. The Morgan fingerprint density at radius 3 is 1.78 bits per heavy atom. The number of non-ortho nitro benzene ring substituents is 1. The minimum Gasteiger partial charge on any atom is -0.322 e. The molecule has 0 aliphatic heterocycles. The third-order valence-corrected chi connectivity index (χ3v) is 6.52. The van der Waals surface area contributed by atoms with Gasteiger partial charge >= 0.3 is 0 Å². The first-order valence-electron chi connectivity index (χ1n) is 8.77. The lowest BCUT2D eigenvalue weighted by molar-refractivity contribution is -0.384. The number of nitrogens with one attached hydrogen (secondary N) is 2. The second-order valence-corrected chi connectivity index (χ2v) is 9.70. The van der Waals surface area contributed by atoms with Gasteiger partial charge in [-0.3, -0.25) is 19.6 Å². The van der Waals surface area contributed by atoms with Gasteiger partial charge in [0.05, 0.1) is 14.7 Å². The van der Waals surface area contributed by atoms with Gasteiger partial charge in [0.25, 0.3) is 21.6 Å². The van der Waals surface area contributed by atoms with Gasteiger partial charge in [0.15, 0.2) is 0 Å². The van der Waals surface area contributed by atoms with E-state index in [1.807, 2.05) is 0 Å². The zero-order chi connectivity index (χ0) is 23.5. The van der Waals surface area contributed by atoms with Gasteiger partial charge in [0, 0.05) is 29.1 Å². The molecule has 0 heterocycles. The predicted molar refractivity (Wildman–Crippen MR) is 116 cm³/mol. The molecular formula is C19H16N4O7S2. The number of amides is 1. The molecule has 0 radical (unpaired) electrons. The summed E-state index contributed by atoms with van der Waals surface area (Å²) in [5.74, 6) is -0.524. The quantitative estimate of drug-likeness (QED) is 0.346. The van der Waals surface area contributed by atoms with Crippen LogP contribution in [0.4, 0.5) is 17.1 Å². The van der Waals surface area contributed by atoms with Crippen molar-refractivity contribution in [1.29, 1.82) is 0 Å². The van der Waals surface area contributed by atoms with E-state index in [4.69, 9.17) is 5.14 Å². The molecule has 3 rings (SSSR count). The summed E-state index contributed by atoms with van der Waals surface area (Å²) in [6, 6.07) is 15.2. The van der Waals surface area contributed by atoms with Gasteiger partial charge in [0.2, 0.25) is 10.0 Å². The van der Waals surface area contributed by atoms with Crippen molar-refractivity contribution in [3.05, 3.63) is 88.5 Å². The molecule has 3 aromatic rings. The summed E-state index contributed by atoms with van der Waals surface area (Å²) in [5.41, 5.74) is 0.484. The molecule has 0 atom stereocenters. The number of primary sulfonamides is 1. The molecule has 0 aliphatic rings. The van der Waals surface area contributed by atoms with Crippen molar-refractivity contribution in [2.24, 2.45) is 5.14 Å². The Kier molecular flexibility index (Phi) is 6.25. The van der Waals surface area contributed by atoms with Crippen LogP contribution >= 0.6 is 0 Å². The van der Waals surface area contributed by atoms with E-state index < -0.39 is 30.9 Å². The van der Waals surface area contributed by atoms with E-state index in [-0.39, 0.29) is 26.7 Å². The van der Waals surface area contributed by atoms with Crippen molar-refractivity contribution in [2.75, 3.05) is 10.0 Å². The Morgan fingerprint density at radius 1 is 0.781 bits per heavy atom. The van der Waals surface area contributed by atoms with Gasteiger partial charge in [-0.05, 0) is 60.7 Å². The zero-order valence-corrected chi connectivity index (χ0v) is 17.8. The van der Waals surface area contributed by atoms with Gasteiger partial charge in [0.1, 0.15) is 0 Å². The van der Waals surface area contributed by atoms with Crippen molar-refractivity contribution in [2.45, 2.75) is 9.79 Å². The maximum atomic E-state index is 12.5. The van der Waals surface area contributed by atoms with Crippen LogP contribution in [-0.2, 0) is 20.0 Å². The number of carbonyl (C=O) groups excluding carboxylic acids is 1. The number of hydrogen-bond acceptors (Lipinski definition) is 7. The van der Waals surface area contributed by atoms with Gasteiger partial charge in [-0.1, -0.05) is 0 Å². The van der Waals surface area contributed by atoms with Gasteiger partial charge in [-0.2, -0.15) is 0 Å². The monoisotopic (exact) mass is 476 g/mol. The fourth-order valence-corrected chi connectivity index (χ4v) is 4.16. The van der Waals surface area contributed by atoms with Gasteiger partial charge in [-0.25, -0.2) is 22.0 Å². The molecule has 166 valence electrons. The molecule has 0 saturated carbocycles. The lowest BCUT2D eigenvalue weighted by Gasteiger charge is -2.10. The molecule has 0 aromatic heterocycles. The van der Waals surface area contributed by atoms with Crippen LogP contribution in [-0.4, -0.2) is 27.7 Å². The van der Waals surface area contributed by atoms with E-state index in [9.17, 15) is 31.7 Å². The number of sulfonamides is 2. The topological polar surface area (TPSA) is 179 Å². The minimum absolute atomic E-state index is 0.0960. The second kappa shape index (κ2) is 8.74. The predicted octanol–water partition coefficient (Wildman–Crippen LogP) is 2.30. The maximum absolute atomic E-state index is 12.5. The highest BCUT2D eigenvalue weighted by Crippen LogP contribution is 2.20. The molecule has 0 saturated heterocycles. The van der Waals surface area contributed by atoms with Crippen LogP contribution in [0.2, 0.25) is 0 Å². The van der Waals surface area contributed by atoms with Crippen molar-refractivity contribution < 1.29 is 26.6 Å². The Hall–Kier alpha value is -3.81. The van der Waals surface area contributed by atoms with E-state index in [1.54, 1.807) is 0 Å². The lowest BCUT2D eigenvalue weighted by Crippen LogP contribution is -2.15. The summed E-state index contributed by atoms with van der Waals surface area (Å²) in [7, 11) is -7.88. The van der Waals surface area contributed by atoms with Crippen LogP contribution in [0.5, 0.6) is 0 Å². The smallest absolute Gasteiger partial charge is 0.269 e. The summed E-state index contributed by atoms with van der Waals surface area (Å²) in [4.78, 5) is 22.1. The molecule has 32 heavy (non-hydrogen) atoms. The molecular weight excluding hydrogens is 460 g/mol. The number of anilines is 2. The molecule has 13 heteroatoms. The SMILES string of the molecule is NS(=O)(=O)c1ccc(NS(=O)(=O)c2ccc(NC(=O)c3ccc([N+](=O)[O-])cc3)cc2)cc1. The Balaban J connectivity index is 1.70. The number of nitrogens with zero attached hydrogens (tertiary/aromatic N) is 1. The summed E-state index contributed by atoms with van der Waals surface area (Å²) in [6.45, 7) is 0. The highest BCUT2D eigenvalue weighted by molar-refractivity contribution is 7.92. The highest BCUT2D eigenvalue weighted by Gasteiger charge is 2.16. The Bertz CT molecular complexity index is 1370. The first-order chi connectivity index (χ1) is 15.0. The third-order valence-electron chi connectivity index (χ3n) is 4.20. The second-order valence-electron chi connectivity index (χ2n) is 6.46. The molecule has 1 amide bonds. The lowest BCUT2D eigenvalue weighted by atomic mass is 10.2. The fraction of sp³-hybridized carbons (Fsp3) is 0. The summed E-state index contributed by atoms with van der Waals surface area (Å²) in [6.07, 6.45) is 0. The minimum atomic E-state index is -3.98. The van der Waals surface area contributed by atoms with Crippen LogP contribution in [0.15, 0.2) is 82.6 Å². The standard InChI is InChI=1S/C19H16N4O7S2/c20-31(27,28)17-9-5-15(6-10-17)22-32(29,30)18-11-3-14(4-12-18)21-19(24)13-1-7-16(8-2-13)23(25)26/h1-12,22H,(H,21,24)(H2,20,27,28). The van der Waals surface area contributed by atoms with E-state index >= 15 is 0 Å². The Labute approximate surface area is 183 Å². The number of rotatable bonds is 7. The summed E-state index contributed by atoms with van der Waals surface area (Å²) in [5, 5.41) is 18.2. The number of nitrogens with two attached hydrogens (primary N) is 1. The van der Waals surface area contributed by atoms with Gasteiger partial charge < -0.3 is 5.32 Å².